The van der Waals surface area contributed by atoms with Crippen LogP contribution in [0.1, 0.15) is 18.4 Å². The number of cyclic esters (lactones) is 2. The lowest BCUT2D eigenvalue weighted by Crippen LogP contribution is -2.36. The number of benzene rings is 2. The van der Waals surface area contributed by atoms with Crippen molar-refractivity contribution in [3.8, 4) is 5.75 Å². The summed E-state index contributed by atoms with van der Waals surface area (Å²) in [5.74, 6) is -0.0295. The molecule has 6 heteroatoms. The summed E-state index contributed by atoms with van der Waals surface area (Å²) in [6.45, 7) is 1.83. The molecule has 0 bridgehead atoms. The highest BCUT2D eigenvalue weighted by Crippen LogP contribution is 2.26. The van der Waals surface area contributed by atoms with E-state index in [0.717, 1.165) is 22.1 Å². The van der Waals surface area contributed by atoms with Crippen LogP contribution in [0.15, 0.2) is 36.4 Å². The van der Waals surface area contributed by atoms with E-state index in [-0.39, 0.29) is 19.2 Å². The van der Waals surface area contributed by atoms with Crippen molar-refractivity contribution in [2.24, 2.45) is 0 Å². The van der Waals surface area contributed by atoms with Crippen LogP contribution in [0.4, 0.5) is 4.79 Å². The zero-order valence-corrected chi connectivity index (χ0v) is 13.5. The first-order valence-electron chi connectivity index (χ1n) is 7.64. The average molecular weight is 330 g/mol. The molecule has 0 aromatic heterocycles. The molecule has 1 heterocycles. The fourth-order valence-corrected chi connectivity index (χ4v) is 2.52. The molecule has 3 rings (SSSR count). The lowest BCUT2D eigenvalue weighted by Gasteiger charge is -2.23. The van der Waals surface area contributed by atoms with Gasteiger partial charge in [0.25, 0.3) is 0 Å². The van der Waals surface area contributed by atoms with Gasteiger partial charge in [-0.25, -0.2) is 4.79 Å². The molecule has 2 aromatic carbocycles. The van der Waals surface area contributed by atoms with Crippen LogP contribution < -0.4 is 4.74 Å². The third-order valence-electron chi connectivity index (χ3n) is 3.98. The summed E-state index contributed by atoms with van der Waals surface area (Å²) in [5.41, 5.74) is 0.853. The molecule has 1 fully saturated rings. The topological polar surface area (TPSA) is 71.1 Å². The third-order valence-corrected chi connectivity index (χ3v) is 3.98. The van der Waals surface area contributed by atoms with E-state index in [0.29, 0.717) is 0 Å². The van der Waals surface area contributed by atoms with Gasteiger partial charge in [0.15, 0.2) is 6.10 Å². The molecule has 0 radical (unpaired) electrons. The van der Waals surface area contributed by atoms with Gasteiger partial charge in [-0.3, -0.25) is 4.79 Å². The summed E-state index contributed by atoms with van der Waals surface area (Å²) >= 11 is 0. The van der Waals surface area contributed by atoms with Gasteiger partial charge < -0.3 is 18.9 Å². The normalized spacial score (nSPS) is 16.2. The van der Waals surface area contributed by atoms with Crippen LogP contribution in [0.5, 0.6) is 5.75 Å². The van der Waals surface area contributed by atoms with E-state index in [9.17, 15) is 9.59 Å². The Balaban J connectivity index is 1.71. The molecule has 0 N–H and O–H groups in total. The Bertz CT molecular complexity index is 759. The Morgan fingerprint density at radius 1 is 1.12 bits per heavy atom. The molecule has 1 atom stereocenters. The van der Waals surface area contributed by atoms with Gasteiger partial charge in [0.2, 0.25) is 0 Å². The molecule has 0 saturated carbocycles. The van der Waals surface area contributed by atoms with Crippen molar-refractivity contribution in [2.75, 3.05) is 20.3 Å². The van der Waals surface area contributed by atoms with Gasteiger partial charge in [-0.2, -0.15) is 0 Å². The lowest BCUT2D eigenvalue weighted by atomic mass is 9.98. The maximum atomic E-state index is 12.3. The molecule has 0 amide bonds. The predicted molar refractivity (Wildman–Crippen MR) is 86.1 cm³/mol. The number of carbonyl (C=O) groups is 2. The third kappa shape index (κ3) is 3.42. The Kier molecular flexibility index (Phi) is 4.55. The quantitative estimate of drug-likeness (QED) is 0.803. The second-order valence-electron chi connectivity index (χ2n) is 5.63. The molecule has 1 saturated heterocycles. The summed E-state index contributed by atoms with van der Waals surface area (Å²) in [4.78, 5) is 23.1. The van der Waals surface area contributed by atoms with E-state index < -0.39 is 18.2 Å². The first-order valence-corrected chi connectivity index (χ1v) is 7.64. The maximum absolute atomic E-state index is 12.3. The minimum atomic E-state index is -0.736. The Hall–Kier alpha value is -2.76. The number of methoxy groups -OCH3 is 1. The van der Waals surface area contributed by atoms with Crippen LogP contribution in [0, 0.1) is 0 Å². The number of fused-ring (bicyclic) bond motifs is 1. The molecule has 2 aromatic rings. The monoisotopic (exact) mass is 330 g/mol. The number of hydrogen-bond donors (Lipinski definition) is 0. The highest BCUT2D eigenvalue weighted by Gasteiger charge is 2.27. The average Bonchev–Trinajstić information content (AvgIpc) is 2.62. The highest BCUT2D eigenvalue weighted by molar-refractivity contribution is 5.86. The molecule has 0 aliphatic carbocycles. The number of esters is 1. The van der Waals surface area contributed by atoms with Crippen LogP contribution in [0.25, 0.3) is 10.8 Å². The summed E-state index contributed by atoms with van der Waals surface area (Å²) in [5, 5.41) is 2.05. The van der Waals surface area contributed by atoms with Crippen LogP contribution in [0.2, 0.25) is 0 Å². The highest BCUT2D eigenvalue weighted by atomic mass is 16.7. The SMILES string of the molecule is COc1ccc2cc(C(C)C(=O)OC3COC(=O)OC3)ccc2c1. The van der Waals surface area contributed by atoms with Crippen molar-refractivity contribution >= 4 is 22.9 Å². The predicted octanol–water partition coefficient (Wildman–Crippen LogP) is 3.03. The van der Waals surface area contributed by atoms with Gasteiger partial charge in [-0.15, -0.1) is 0 Å². The summed E-state index contributed by atoms with van der Waals surface area (Å²) in [7, 11) is 1.62. The number of hydrogen-bond acceptors (Lipinski definition) is 6. The Morgan fingerprint density at radius 3 is 2.50 bits per heavy atom. The van der Waals surface area contributed by atoms with Crippen LogP contribution in [-0.4, -0.2) is 38.6 Å². The van der Waals surface area contributed by atoms with Crippen molar-refractivity contribution in [2.45, 2.75) is 18.9 Å². The Labute approximate surface area is 139 Å². The molecule has 126 valence electrons. The van der Waals surface area contributed by atoms with Gasteiger partial charge in [0, 0.05) is 0 Å². The second kappa shape index (κ2) is 6.78. The molecule has 1 aliphatic rings. The fourth-order valence-electron chi connectivity index (χ4n) is 2.52. The van der Waals surface area contributed by atoms with Gasteiger partial charge in [-0.1, -0.05) is 24.3 Å². The van der Waals surface area contributed by atoms with E-state index in [1.807, 2.05) is 36.4 Å². The van der Waals surface area contributed by atoms with Crippen LogP contribution >= 0.6 is 0 Å². The standard InChI is InChI=1S/C18H18O6/c1-11(17(19)24-16-9-22-18(20)23-10-16)12-3-4-14-8-15(21-2)6-5-13(14)7-12/h3-8,11,16H,9-10H2,1-2H3. The largest absolute Gasteiger partial charge is 0.508 e. The van der Waals surface area contributed by atoms with Gasteiger partial charge in [0.05, 0.1) is 13.0 Å². The first kappa shape index (κ1) is 16.1. The zero-order chi connectivity index (χ0) is 17.1. The van der Waals surface area contributed by atoms with Crippen molar-refractivity contribution in [3.63, 3.8) is 0 Å². The number of ether oxygens (including phenoxy) is 4. The van der Waals surface area contributed by atoms with E-state index >= 15 is 0 Å². The summed E-state index contributed by atoms with van der Waals surface area (Å²) in [6.07, 6.45) is -1.30. The molecule has 6 nitrogen and oxygen atoms in total. The summed E-state index contributed by atoms with van der Waals surface area (Å²) < 4.78 is 20.0. The molecule has 24 heavy (non-hydrogen) atoms. The van der Waals surface area contributed by atoms with Crippen LogP contribution in [0.3, 0.4) is 0 Å². The minimum absolute atomic E-state index is 0.0226. The van der Waals surface area contributed by atoms with Gasteiger partial charge in [-0.05, 0) is 35.4 Å². The number of carbonyl (C=O) groups excluding carboxylic acids is 2. The second-order valence-corrected chi connectivity index (χ2v) is 5.63. The first-order chi connectivity index (χ1) is 11.6. The van der Waals surface area contributed by atoms with E-state index in [2.05, 4.69) is 0 Å². The van der Waals surface area contributed by atoms with Crippen LogP contribution in [-0.2, 0) is 19.0 Å². The van der Waals surface area contributed by atoms with Crippen molar-refractivity contribution < 1.29 is 28.5 Å². The lowest BCUT2D eigenvalue weighted by molar-refractivity contribution is -0.160. The fraction of sp³-hybridized carbons (Fsp3) is 0.333. The molecule has 0 spiro atoms. The van der Waals surface area contributed by atoms with Crippen molar-refractivity contribution in [1.82, 2.24) is 0 Å². The van der Waals surface area contributed by atoms with Gasteiger partial charge >= 0.3 is 12.1 Å². The molecule has 1 unspecified atom stereocenters. The smallest absolute Gasteiger partial charge is 0.497 e. The zero-order valence-electron chi connectivity index (χ0n) is 13.5. The van der Waals surface area contributed by atoms with Gasteiger partial charge in [0.1, 0.15) is 19.0 Å². The van der Waals surface area contributed by atoms with Crippen molar-refractivity contribution in [3.05, 3.63) is 42.0 Å². The summed E-state index contributed by atoms with van der Waals surface area (Å²) in [6, 6.07) is 11.6. The minimum Gasteiger partial charge on any atom is -0.497 e. The van der Waals surface area contributed by atoms with E-state index in [4.69, 9.17) is 18.9 Å². The van der Waals surface area contributed by atoms with E-state index in [1.54, 1.807) is 14.0 Å². The molecule has 1 aliphatic heterocycles. The molecular weight excluding hydrogens is 312 g/mol. The Morgan fingerprint density at radius 2 is 1.79 bits per heavy atom. The van der Waals surface area contributed by atoms with E-state index in [1.165, 1.54) is 0 Å². The maximum Gasteiger partial charge on any atom is 0.508 e. The molecular formula is C18H18O6. The van der Waals surface area contributed by atoms with Crippen molar-refractivity contribution in [1.29, 1.82) is 0 Å². The number of rotatable bonds is 4.